The number of hydrogen-bond donors (Lipinski definition) is 2. The average molecular weight is 367 g/mol. The number of anilines is 3. The van der Waals surface area contributed by atoms with Gasteiger partial charge in [-0.1, -0.05) is 29.3 Å². The predicted molar refractivity (Wildman–Crippen MR) is 105 cm³/mol. The molecule has 3 aromatic rings. The summed E-state index contributed by atoms with van der Waals surface area (Å²) in [6, 6.07) is 14.8. The Balaban J connectivity index is 1.82. The minimum Gasteiger partial charge on any atom is -0.324 e. The maximum absolute atomic E-state index is 12.5. The summed E-state index contributed by atoms with van der Waals surface area (Å²) in [6.45, 7) is 5.76. The van der Waals surface area contributed by atoms with E-state index in [9.17, 15) is 4.79 Å². The van der Waals surface area contributed by atoms with Gasteiger partial charge in [0, 0.05) is 22.1 Å². The van der Waals surface area contributed by atoms with E-state index in [0.717, 1.165) is 22.5 Å². The molecule has 0 saturated heterocycles. The number of nitrogens with zero attached hydrogens (tertiary/aromatic N) is 2. The molecule has 0 aliphatic heterocycles. The number of carbonyl (C=O) groups is 1. The Hall–Kier alpha value is -2.92. The van der Waals surface area contributed by atoms with Crippen LogP contribution in [0.4, 0.5) is 17.3 Å². The first-order chi connectivity index (χ1) is 12.4. The van der Waals surface area contributed by atoms with Crippen LogP contribution in [-0.4, -0.2) is 15.9 Å². The molecule has 0 unspecified atom stereocenters. The van der Waals surface area contributed by atoms with Gasteiger partial charge in [-0.05, 0) is 62.7 Å². The first-order valence-corrected chi connectivity index (χ1v) is 8.55. The zero-order valence-corrected chi connectivity index (χ0v) is 15.6. The van der Waals surface area contributed by atoms with Crippen molar-refractivity contribution in [1.82, 2.24) is 9.97 Å². The molecule has 1 heterocycles. The zero-order chi connectivity index (χ0) is 18.7. The van der Waals surface area contributed by atoms with Gasteiger partial charge in [0.2, 0.25) is 5.95 Å². The van der Waals surface area contributed by atoms with Gasteiger partial charge in [-0.2, -0.15) is 0 Å². The first-order valence-electron chi connectivity index (χ1n) is 8.17. The topological polar surface area (TPSA) is 66.9 Å². The van der Waals surface area contributed by atoms with E-state index in [-0.39, 0.29) is 5.91 Å². The van der Waals surface area contributed by atoms with Crippen molar-refractivity contribution in [2.75, 3.05) is 10.6 Å². The lowest BCUT2D eigenvalue weighted by atomic mass is 10.2. The quantitative estimate of drug-likeness (QED) is 0.678. The summed E-state index contributed by atoms with van der Waals surface area (Å²) in [6.07, 6.45) is 0. The molecule has 26 heavy (non-hydrogen) atoms. The van der Waals surface area contributed by atoms with Crippen LogP contribution >= 0.6 is 11.6 Å². The van der Waals surface area contributed by atoms with Crippen molar-refractivity contribution in [3.05, 3.63) is 76.1 Å². The molecule has 2 N–H and O–H groups in total. The second-order valence-electron chi connectivity index (χ2n) is 6.12. The molecule has 0 spiro atoms. The highest BCUT2D eigenvalue weighted by molar-refractivity contribution is 6.30. The number of aromatic nitrogens is 2. The SMILES string of the molecule is Cc1ccc(NC(=O)c2cc(C)nc(Nc3ccc(Cl)cc3C)n2)cc1. The Morgan fingerprint density at radius 2 is 1.69 bits per heavy atom. The summed E-state index contributed by atoms with van der Waals surface area (Å²) in [5, 5.41) is 6.66. The van der Waals surface area contributed by atoms with Crippen molar-refractivity contribution >= 4 is 34.8 Å². The molecule has 3 rings (SSSR count). The van der Waals surface area contributed by atoms with Crippen molar-refractivity contribution in [1.29, 1.82) is 0 Å². The summed E-state index contributed by atoms with van der Waals surface area (Å²) < 4.78 is 0. The van der Waals surface area contributed by atoms with E-state index in [0.29, 0.717) is 22.4 Å². The summed E-state index contributed by atoms with van der Waals surface area (Å²) in [5.74, 6) is 0.0831. The van der Waals surface area contributed by atoms with E-state index in [1.165, 1.54) is 0 Å². The van der Waals surface area contributed by atoms with Crippen molar-refractivity contribution in [2.45, 2.75) is 20.8 Å². The second kappa shape index (κ2) is 7.54. The molecule has 5 nitrogen and oxygen atoms in total. The van der Waals surface area contributed by atoms with Crippen LogP contribution in [0.3, 0.4) is 0 Å². The summed E-state index contributed by atoms with van der Waals surface area (Å²) in [4.78, 5) is 21.2. The number of hydrogen-bond acceptors (Lipinski definition) is 4. The van der Waals surface area contributed by atoms with E-state index in [4.69, 9.17) is 11.6 Å². The van der Waals surface area contributed by atoms with Gasteiger partial charge in [-0.3, -0.25) is 4.79 Å². The van der Waals surface area contributed by atoms with Gasteiger partial charge in [0.25, 0.3) is 5.91 Å². The van der Waals surface area contributed by atoms with Gasteiger partial charge < -0.3 is 10.6 Å². The number of halogens is 1. The Labute approximate surface area is 157 Å². The molecule has 0 bridgehead atoms. The normalized spacial score (nSPS) is 10.5. The van der Waals surface area contributed by atoms with E-state index in [1.54, 1.807) is 12.1 Å². The van der Waals surface area contributed by atoms with Gasteiger partial charge in [0.15, 0.2) is 0 Å². The molecule has 2 aromatic carbocycles. The van der Waals surface area contributed by atoms with Crippen LogP contribution in [-0.2, 0) is 0 Å². The molecular weight excluding hydrogens is 348 g/mol. The molecule has 0 atom stereocenters. The zero-order valence-electron chi connectivity index (χ0n) is 14.8. The summed E-state index contributed by atoms with van der Waals surface area (Å²) >= 11 is 5.99. The van der Waals surface area contributed by atoms with Crippen molar-refractivity contribution in [3.8, 4) is 0 Å². The van der Waals surface area contributed by atoms with Crippen molar-refractivity contribution < 1.29 is 4.79 Å². The summed E-state index contributed by atoms with van der Waals surface area (Å²) in [7, 11) is 0. The largest absolute Gasteiger partial charge is 0.324 e. The lowest BCUT2D eigenvalue weighted by molar-refractivity contribution is 0.102. The summed E-state index contributed by atoms with van der Waals surface area (Å²) in [5.41, 5.74) is 4.65. The molecule has 132 valence electrons. The van der Waals surface area contributed by atoms with E-state index in [1.807, 2.05) is 57.2 Å². The maximum atomic E-state index is 12.5. The monoisotopic (exact) mass is 366 g/mol. The van der Waals surface area contributed by atoms with Crippen molar-refractivity contribution in [3.63, 3.8) is 0 Å². The van der Waals surface area contributed by atoms with Crippen molar-refractivity contribution in [2.24, 2.45) is 0 Å². The number of benzene rings is 2. The molecule has 0 aliphatic rings. The Kier molecular flexibility index (Phi) is 5.19. The minimum absolute atomic E-state index is 0.282. The minimum atomic E-state index is -0.282. The smallest absolute Gasteiger partial charge is 0.274 e. The highest BCUT2D eigenvalue weighted by atomic mass is 35.5. The van der Waals surface area contributed by atoms with Crippen LogP contribution in [0.2, 0.25) is 5.02 Å². The van der Waals surface area contributed by atoms with Crippen LogP contribution in [0, 0.1) is 20.8 Å². The molecule has 0 radical (unpaired) electrons. The molecule has 1 aromatic heterocycles. The predicted octanol–water partition coefficient (Wildman–Crippen LogP) is 5.05. The Bertz CT molecular complexity index is 955. The third-order valence-corrected chi connectivity index (χ3v) is 4.07. The van der Waals surface area contributed by atoms with E-state index >= 15 is 0 Å². The fraction of sp³-hybridized carbons (Fsp3) is 0.150. The number of rotatable bonds is 4. The van der Waals surface area contributed by atoms with E-state index in [2.05, 4.69) is 20.6 Å². The lowest BCUT2D eigenvalue weighted by Crippen LogP contribution is -2.15. The van der Waals surface area contributed by atoms with E-state index < -0.39 is 0 Å². The maximum Gasteiger partial charge on any atom is 0.274 e. The van der Waals surface area contributed by atoms with Gasteiger partial charge in [0.1, 0.15) is 5.69 Å². The first kappa shape index (κ1) is 17.9. The molecule has 0 fully saturated rings. The number of nitrogens with one attached hydrogen (secondary N) is 2. The molecular formula is C20H19ClN4O. The number of aryl methyl sites for hydroxylation is 3. The third kappa shape index (κ3) is 4.37. The van der Waals surface area contributed by atoms with Crippen LogP contribution in [0.5, 0.6) is 0 Å². The standard InChI is InChI=1S/C20H19ClN4O/c1-12-4-7-16(8-5-12)23-19(26)18-11-14(3)22-20(25-18)24-17-9-6-15(21)10-13(17)2/h4-11H,1-3H3,(H,23,26)(H,22,24,25). The van der Waals surface area contributed by atoms with Crippen LogP contribution < -0.4 is 10.6 Å². The van der Waals surface area contributed by atoms with Gasteiger partial charge >= 0.3 is 0 Å². The van der Waals surface area contributed by atoms with Crippen LogP contribution in [0.15, 0.2) is 48.5 Å². The molecule has 6 heteroatoms. The van der Waals surface area contributed by atoms with Gasteiger partial charge in [-0.15, -0.1) is 0 Å². The molecule has 0 aliphatic carbocycles. The second-order valence-corrected chi connectivity index (χ2v) is 6.56. The fourth-order valence-electron chi connectivity index (χ4n) is 2.46. The third-order valence-electron chi connectivity index (χ3n) is 3.83. The van der Waals surface area contributed by atoms with Gasteiger partial charge in [-0.25, -0.2) is 9.97 Å². The highest BCUT2D eigenvalue weighted by Gasteiger charge is 2.12. The van der Waals surface area contributed by atoms with Crippen LogP contribution in [0.1, 0.15) is 27.3 Å². The number of amides is 1. The highest BCUT2D eigenvalue weighted by Crippen LogP contribution is 2.22. The average Bonchev–Trinajstić information content (AvgIpc) is 2.59. The van der Waals surface area contributed by atoms with Crippen LogP contribution in [0.25, 0.3) is 0 Å². The van der Waals surface area contributed by atoms with Gasteiger partial charge in [0.05, 0.1) is 0 Å². The molecule has 0 saturated carbocycles. The number of carbonyl (C=O) groups excluding carboxylic acids is 1. The Morgan fingerprint density at radius 3 is 2.38 bits per heavy atom. The molecule has 1 amide bonds. The fourth-order valence-corrected chi connectivity index (χ4v) is 2.69. The Morgan fingerprint density at radius 1 is 0.962 bits per heavy atom. The lowest BCUT2D eigenvalue weighted by Gasteiger charge is -2.11.